The van der Waals surface area contributed by atoms with Crippen LogP contribution in [-0.2, 0) is 0 Å². The van der Waals surface area contributed by atoms with E-state index in [2.05, 4.69) is 12.1 Å². The highest BCUT2D eigenvalue weighted by Gasteiger charge is 2.12. The SMILES string of the molecule is COc1ccc2nc3cc(Cl)ccc3c(-c3ccccc3)c2c1. The molecule has 4 rings (SSSR count). The predicted octanol–water partition coefficient (Wildman–Crippen LogP) is 5.72. The van der Waals surface area contributed by atoms with E-state index in [-0.39, 0.29) is 0 Å². The molecule has 2 nitrogen and oxygen atoms in total. The van der Waals surface area contributed by atoms with Gasteiger partial charge in [0.1, 0.15) is 5.75 Å². The van der Waals surface area contributed by atoms with Crippen LogP contribution in [0.1, 0.15) is 0 Å². The first-order valence-electron chi connectivity index (χ1n) is 7.39. The first kappa shape index (κ1) is 14.0. The van der Waals surface area contributed by atoms with Crippen molar-refractivity contribution in [2.75, 3.05) is 7.11 Å². The third-order valence-corrected chi connectivity index (χ3v) is 4.24. The molecule has 0 aliphatic heterocycles. The Labute approximate surface area is 139 Å². The van der Waals surface area contributed by atoms with Crippen LogP contribution in [0.25, 0.3) is 32.9 Å². The number of pyridine rings is 1. The van der Waals surface area contributed by atoms with E-state index in [1.807, 2.05) is 54.6 Å². The second kappa shape index (κ2) is 5.56. The van der Waals surface area contributed by atoms with Gasteiger partial charge in [-0.2, -0.15) is 0 Å². The van der Waals surface area contributed by atoms with E-state index in [4.69, 9.17) is 21.3 Å². The van der Waals surface area contributed by atoms with Gasteiger partial charge < -0.3 is 4.74 Å². The van der Waals surface area contributed by atoms with Crippen LogP contribution in [0.5, 0.6) is 5.75 Å². The maximum absolute atomic E-state index is 6.16. The number of fused-ring (bicyclic) bond motifs is 2. The molecule has 0 radical (unpaired) electrons. The molecular formula is C20H14ClNO. The van der Waals surface area contributed by atoms with Crippen molar-refractivity contribution in [3.05, 3.63) is 71.8 Å². The molecule has 3 aromatic carbocycles. The van der Waals surface area contributed by atoms with Gasteiger partial charge >= 0.3 is 0 Å². The van der Waals surface area contributed by atoms with E-state index >= 15 is 0 Å². The molecule has 0 N–H and O–H groups in total. The molecule has 1 aromatic heterocycles. The Morgan fingerprint density at radius 2 is 1.65 bits per heavy atom. The summed E-state index contributed by atoms with van der Waals surface area (Å²) in [6.45, 7) is 0. The van der Waals surface area contributed by atoms with Gasteiger partial charge in [-0.15, -0.1) is 0 Å². The fourth-order valence-corrected chi connectivity index (χ4v) is 3.11. The van der Waals surface area contributed by atoms with Crippen LogP contribution in [0.4, 0.5) is 0 Å². The van der Waals surface area contributed by atoms with Gasteiger partial charge in [0.15, 0.2) is 0 Å². The van der Waals surface area contributed by atoms with Crippen LogP contribution in [0.15, 0.2) is 66.7 Å². The van der Waals surface area contributed by atoms with Crippen LogP contribution in [0.2, 0.25) is 5.02 Å². The minimum absolute atomic E-state index is 0.692. The van der Waals surface area contributed by atoms with Gasteiger partial charge in [0.2, 0.25) is 0 Å². The van der Waals surface area contributed by atoms with Crippen molar-refractivity contribution in [2.45, 2.75) is 0 Å². The normalized spacial score (nSPS) is 11.0. The molecule has 0 spiro atoms. The van der Waals surface area contributed by atoms with Crippen molar-refractivity contribution < 1.29 is 4.74 Å². The van der Waals surface area contributed by atoms with Crippen LogP contribution in [0, 0.1) is 0 Å². The summed E-state index contributed by atoms with van der Waals surface area (Å²) in [6.07, 6.45) is 0. The highest BCUT2D eigenvalue weighted by Crippen LogP contribution is 2.36. The number of hydrogen-bond acceptors (Lipinski definition) is 2. The summed E-state index contributed by atoms with van der Waals surface area (Å²) < 4.78 is 5.40. The number of halogens is 1. The molecule has 3 heteroatoms. The molecule has 0 fully saturated rings. The van der Waals surface area contributed by atoms with E-state index in [9.17, 15) is 0 Å². The van der Waals surface area contributed by atoms with Gasteiger partial charge in [-0.1, -0.05) is 48.0 Å². The van der Waals surface area contributed by atoms with Gasteiger partial charge in [0, 0.05) is 21.4 Å². The number of benzene rings is 3. The van der Waals surface area contributed by atoms with Gasteiger partial charge in [-0.05, 0) is 35.9 Å². The first-order chi connectivity index (χ1) is 11.3. The van der Waals surface area contributed by atoms with Gasteiger partial charge in [-0.25, -0.2) is 4.98 Å². The average Bonchev–Trinajstić information content (AvgIpc) is 2.60. The third kappa shape index (κ3) is 2.41. The molecule has 0 saturated heterocycles. The number of aromatic nitrogens is 1. The summed E-state index contributed by atoms with van der Waals surface area (Å²) in [7, 11) is 1.68. The van der Waals surface area contributed by atoms with Crippen molar-refractivity contribution in [1.29, 1.82) is 0 Å². The molecule has 0 aliphatic carbocycles. The summed E-state index contributed by atoms with van der Waals surface area (Å²) in [5.41, 5.74) is 4.13. The number of ether oxygens (including phenoxy) is 1. The smallest absolute Gasteiger partial charge is 0.119 e. The maximum atomic E-state index is 6.16. The molecule has 23 heavy (non-hydrogen) atoms. The molecule has 0 bridgehead atoms. The van der Waals surface area contributed by atoms with Gasteiger partial charge in [-0.3, -0.25) is 0 Å². The Balaban J connectivity index is 2.19. The van der Waals surface area contributed by atoms with E-state index in [0.29, 0.717) is 5.02 Å². The van der Waals surface area contributed by atoms with Crippen molar-refractivity contribution >= 4 is 33.4 Å². The zero-order valence-electron chi connectivity index (χ0n) is 12.6. The second-order valence-corrected chi connectivity index (χ2v) is 5.83. The Hall–Kier alpha value is -2.58. The maximum Gasteiger partial charge on any atom is 0.119 e. The summed E-state index contributed by atoms with van der Waals surface area (Å²) in [5.74, 6) is 0.824. The fraction of sp³-hybridized carbons (Fsp3) is 0.0500. The first-order valence-corrected chi connectivity index (χ1v) is 7.76. The Kier molecular flexibility index (Phi) is 3.40. The summed E-state index contributed by atoms with van der Waals surface area (Å²) in [5, 5.41) is 2.85. The predicted molar refractivity (Wildman–Crippen MR) is 96.2 cm³/mol. The second-order valence-electron chi connectivity index (χ2n) is 5.40. The van der Waals surface area contributed by atoms with Crippen molar-refractivity contribution in [2.24, 2.45) is 0 Å². The molecule has 1 heterocycles. The lowest BCUT2D eigenvalue weighted by Crippen LogP contribution is -1.90. The van der Waals surface area contributed by atoms with E-state index in [1.54, 1.807) is 7.11 Å². The van der Waals surface area contributed by atoms with Gasteiger partial charge in [0.25, 0.3) is 0 Å². The molecule has 0 unspecified atom stereocenters. The highest BCUT2D eigenvalue weighted by molar-refractivity contribution is 6.31. The third-order valence-electron chi connectivity index (χ3n) is 4.01. The zero-order chi connectivity index (χ0) is 15.8. The molecular weight excluding hydrogens is 306 g/mol. The number of rotatable bonds is 2. The standard InChI is InChI=1S/C20H14ClNO/c1-23-15-8-10-18-17(12-15)20(13-5-3-2-4-6-13)16-9-7-14(21)11-19(16)22-18/h2-12H,1H3. The monoisotopic (exact) mass is 319 g/mol. The number of hydrogen-bond donors (Lipinski definition) is 0. The Morgan fingerprint density at radius 3 is 2.43 bits per heavy atom. The summed E-state index contributed by atoms with van der Waals surface area (Å²) in [6, 6.07) is 22.1. The van der Waals surface area contributed by atoms with Crippen LogP contribution >= 0.6 is 11.6 Å². The largest absolute Gasteiger partial charge is 0.497 e. The van der Waals surface area contributed by atoms with Crippen LogP contribution in [-0.4, -0.2) is 12.1 Å². The molecule has 0 saturated carbocycles. The summed E-state index contributed by atoms with van der Waals surface area (Å²) >= 11 is 6.16. The highest BCUT2D eigenvalue weighted by atomic mass is 35.5. The number of methoxy groups -OCH3 is 1. The number of nitrogens with zero attached hydrogens (tertiary/aromatic N) is 1. The lowest BCUT2D eigenvalue weighted by molar-refractivity contribution is 0.415. The molecule has 0 atom stereocenters. The van der Waals surface area contributed by atoms with E-state index in [1.165, 1.54) is 0 Å². The molecule has 0 amide bonds. The summed E-state index contributed by atoms with van der Waals surface area (Å²) in [4.78, 5) is 4.76. The zero-order valence-corrected chi connectivity index (χ0v) is 13.3. The minimum Gasteiger partial charge on any atom is -0.497 e. The van der Waals surface area contributed by atoms with E-state index < -0.39 is 0 Å². The topological polar surface area (TPSA) is 22.1 Å². The van der Waals surface area contributed by atoms with Crippen molar-refractivity contribution in [3.63, 3.8) is 0 Å². The fourth-order valence-electron chi connectivity index (χ4n) is 2.94. The van der Waals surface area contributed by atoms with Crippen LogP contribution in [0.3, 0.4) is 0 Å². The molecule has 0 aliphatic rings. The van der Waals surface area contributed by atoms with Crippen LogP contribution < -0.4 is 4.74 Å². The van der Waals surface area contributed by atoms with Crippen molar-refractivity contribution in [1.82, 2.24) is 4.98 Å². The Bertz CT molecular complexity index is 1010. The quantitative estimate of drug-likeness (QED) is 0.441. The lowest BCUT2D eigenvalue weighted by atomic mass is 9.96. The average molecular weight is 320 g/mol. The molecule has 112 valence electrons. The molecule has 4 aromatic rings. The Morgan fingerprint density at radius 1 is 0.826 bits per heavy atom. The van der Waals surface area contributed by atoms with Gasteiger partial charge in [0.05, 0.1) is 18.1 Å². The van der Waals surface area contributed by atoms with Crippen molar-refractivity contribution in [3.8, 4) is 16.9 Å². The van der Waals surface area contributed by atoms with E-state index in [0.717, 1.165) is 38.7 Å². The lowest BCUT2D eigenvalue weighted by Gasteiger charge is -2.12. The minimum atomic E-state index is 0.692.